The van der Waals surface area contributed by atoms with Crippen LogP contribution in [0, 0.1) is 11.3 Å². The molecule has 0 bridgehead atoms. The monoisotopic (exact) mass is 414 g/mol. The van der Waals surface area contributed by atoms with Gasteiger partial charge in [0.25, 0.3) is 0 Å². The van der Waals surface area contributed by atoms with Crippen LogP contribution < -0.4 is 10.5 Å². The van der Waals surface area contributed by atoms with E-state index < -0.39 is 5.92 Å². The van der Waals surface area contributed by atoms with Crippen LogP contribution in [-0.4, -0.2) is 20.4 Å². The van der Waals surface area contributed by atoms with E-state index in [-0.39, 0.29) is 28.8 Å². The van der Waals surface area contributed by atoms with Crippen LogP contribution in [0.5, 0.6) is 17.4 Å². The number of nitrogens with one attached hydrogen (secondary N) is 1. The van der Waals surface area contributed by atoms with E-state index in [2.05, 4.69) is 16.3 Å². The third-order valence-electron chi connectivity index (χ3n) is 4.48. The van der Waals surface area contributed by atoms with E-state index in [0.717, 1.165) is 0 Å². The molecule has 1 atom stereocenters. The minimum atomic E-state index is -0.677. The molecule has 1 aromatic heterocycles. The van der Waals surface area contributed by atoms with E-state index in [1.807, 2.05) is 0 Å². The molecule has 1 aliphatic rings. The summed E-state index contributed by atoms with van der Waals surface area (Å²) in [5, 5.41) is 37.1. The highest BCUT2D eigenvalue weighted by molar-refractivity contribution is 6.42. The Balaban J connectivity index is 1.96. The number of benzene rings is 2. The number of nitrogens with two attached hydrogens (primary N) is 1. The van der Waals surface area contributed by atoms with Gasteiger partial charge in [-0.25, -0.2) is 0 Å². The van der Waals surface area contributed by atoms with Crippen molar-refractivity contribution in [2.45, 2.75) is 5.92 Å². The second kappa shape index (κ2) is 6.68. The van der Waals surface area contributed by atoms with Crippen molar-refractivity contribution in [3.63, 3.8) is 0 Å². The summed E-state index contributed by atoms with van der Waals surface area (Å²) in [4.78, 5) is 0. The number of aromatic amines is 1. The van der Waals surface area contributed by atoms with Crippen LogP contribution in [-0.2, 0) is 0 Å². The molecule has 0 aliphatic carbocycles. The average molecular weight is 415 g/mol. The first-order chi connectivity index (χ1) is 13.4. The van der Waals surface area contributed by atoms with Crippen molar-refractivity contribution in [3.05, 3.63) is 69.0 Å². The van der Waals surface area contributed by atoms with E-state index in [4.69, 9.17) is 33.7 Å². The van der Waals surface area contributed by atoms with Gasteiger partial charge in [0.05, 0.1) is 27.2 Å². The van der Waals surface area contributed by atoms with Gasteiger partial charge in [-0.1, -0.05) is 35.3 Å². The Kier molecular flexibility index (Phi) is 4.30. The number of nitrogens with zero attached hydrogens (tertiary/aromatic N) is 2. The van der Waals surface area contributed by atoms with Crippen LogP contribution in [0.25, 0.3) is 11.3 Å². The molecule has 1 aliphatic heterocycles. The standard InChI is InChI=1S/C19H12Cl2N4O3/c20-11-3-1-9(5-12(11)21)17-16-15(8-2-4-13(26)14(27)6-8)10(7-22)18(23)28-19(16)25-24-17/h1-6,15,26-27H,23H2,(H,24,25)/t15-/m0/s1. The molecule has 4 rings (SSSR count). The minimum absolute atomic E-state index is 0.0836. The number of nitriles is 1. The van der Waals surface area contributed by atoms with Gasteiger partial charge in [0, 0.05) is 5.56 Å². The molecule has 0 fully saturated rings. The first-order valence-corrected chi connectivity index (χ1v) is 8.79. The molecular weight excluding hydrogens is 403 g/mol. The molecule has 0 unspecified atom stereocenters. The summed E-state index contributed by atoms with van der Waals surface area (Å²) >= 11 is 12.2. The second-order valence-electron chi connectivity index (χ2n) is 6.12. The number of fused-ring (bicyclic) bond motifs is 1. The molecule has 7 nitrogen and oxygen atoms in total. The van der Waals surface area contributed by atoms with Crippen LogP contribution in [0.2, 0.25) is 10.0 Å². The Hall–Kier alpha value is -3.34. The maximum Gasteiger partial charge on any atom is 0.244 e. The van der Waals surface area contributed by atoms with Gasteiger partial charge in [-0.05, 0) is 29.8 Å². The maximum atomic E-state index is 9.94. The zero-order chi connectivity index (χ0) is 20.0. The van der Waals surface area contributed by atoms with Crippen molar-refractivity contribution in [1.29, 1.82) is 5.26 Å². The predicted octanol–water partition coefficient (Wildman–Crippen LogP) is 4.01. The fourth-order valence-corrected chi connectivity index (χ4v) is 3.47. The number of phenolic OH excluding ortho intramolecular Hbond substituents is 2. The lowest BCUT2D eigenvalue weighted by Crippen LogP contribution is -2.20. The SMILES string of the molecule is N#CC1=C(N)Oc2n[nH]c(-c3ccc(Cl)c(Cl)c3)c2[C@H]1c1ccc(O)c(O)c1. The number of H-pyrrole nitrogens is 1. The van der Waals surface area contributed by atoms with Gasteiger partial charge in [-0.15, -0.1) is 5.10 Å². The number of halogens is 2. The first kappa shape index (κ1) is 18.0. The molecule has 0 saturated heterocycles. The first-order valence-electron chi connectivity index (χ1n) is 8.04. The number of aromatic nitrogens is 2. The minimum Gasteiger partial charge on any atom is -0.504 e. The molecule has 2 aromatic carbocycles. The molecule has 9 heteroatoms. The van der Waals surface area contributed by atoms with E-state index in [1.165, 1.54) is 12.1 Å². The summed E-state index contributed by atoms with van der Waals surface area (Å²) in [6, 6.07) is 11.4. The second-order valence-corrected chi connectivity index (χ2v) is 6.93. The van der Waals surface area contributed by atoms with Crippen molar-refractivity contribution in [1.82, 2.24) is 10.2 Å². The molecule has 3 aromatic rings. The fraction of sp³-hybridized carbons (Fsp3) is 0.0526. The highest BCUT2D eigenvalue weighted by atomic mass is 35.5. The number of allylic oxidation sites excluding steroid dienone is 1. The molecule has 28 heavy (non-hydrogen) atoms. The average Bonchev–Trinajstić information content (AvgIpc) is 3.08. The third kappa shape index (κ3) is 2.80. The number of hydrogen-bond donors (Lipinski definition) is 4. The van der Waals surface area contributed by atoms with Gasteiger partial charge >= 0.3 is 0 Å². The van der Waals surface area contributed by atoms with Gasteiger partial charge in [0.1, 0.15) is 11.6 Å². The maximum absolute atomic E-state index is 9.94. The third-order valence-corrected chi connectivity index (χ3v) is 5.22. The van der Waals surface area contributed by atoms with E-state index in [1.54, 1.807) is 24.3 Å². The molecular formula is C19H12Cl2N4O3. The number of rotatable bonds is 2. The smallest absolute Gasteiger partial charge is 0.244 e. The van der Waals surface area contributed by atoms with Crippen LogP contribution >= 0.6 is 23.2 Å². The lowest BCUT2D eigenvalue weighted by atomic mass is 9.83. The van der Waals surface area contributed by atoms with Crippen molar-refractivity contribution >= 4 is 23.2 Å². The summed E-state index contributed by atoms with van der Waals surface area (Å²) in [5.41, 5.74) is 8.40. The number of phenols is 2. The largest absolute Gasteiger partial charge is 0.504 e. The Morgan fingerprint density at radius 3 is 2.57 bits per heavy atom. The van der Waals surface area contributed by atoms with Gasteiger partial charge in [0.15, 0.2) is 11.5 Å². The van der Waals surface area contributed by atoms with Crippen molar-refractivity contribution < 1.29 is 14.9 Å². The highest BCUT2D eigenvalue weighted by Gasteiger charge is 2.36. The normalized spacial score (nSPS) is 15.7. The summed E-state index contributed by atoms with van der Waals surface area (Å²) in [6.07, 6.45) is 0. The summed E-state index contributed by atoms with van der Waals surface area (Å²) in [5.74, 6) is -1.15. The molecule has 0 spiro atoms. The molecule has 0 radical (unpaired) electrons. The Bertz CT molecular complexity index is 1180. The predicted molar refractivity (Wildman–Crippen MR) is 103 cm³/mol. The van der Waals surface area contributed by atoms with Gasteiger partial charge < -0.3 is 20.7 Å². The van der Waals surface area contributed by atoms with Crippen LogP contribution in [0.4, 0.5) is 0 Å². The zero-order valence-corrected chi connectivity index (χ0v) is 15.6. The van der Waals surface area contributed by atoms with Crippen LogP contribution in [0.15, 0.2) is 47.9 Å². The topological polar surface area (TPSA) is 128 Å². The molecule has 5 N–H and O–H groups in total. The number of ether oxygens (including phenoxy) is 1. The number of hydrogen-bond acceptors (Lipinski definition) is 6. The molecule has 0 saturated carbocycles. The Morgan fingerprint density at radius 1 is 1.11 bits per heavy atom. The van der Waals surface area contributed by atoms with Gasteiger partial charge in [0.2, 0.25) is 11.8 Å². The highest BCUT2D eigenvalue weighted by Crippen LogP contribution is 2.47. The van der Waals surface area contributed by atoms with Crippen LogP contribution in [0.3, 0.4) is 0 Å². The Labute approximate surface area is 169 Å². The molecule has 140 valence electrons. The lowest BCUT2D eigenvalue weighted by molar-refractivity contribution is 0.378. The van der Waals surface area contributed by atoms with Crippen molar-refractivity contribution in [2.24, 2.45) is 5.73 Å². The molecule has 0 amide bonds. The van der Waals surface area contributed by atoms with Crippen molar-refractivity contribution in [3.8, 4) is 34.7 Å². The molecule has 2 heterocycles. The Morgan fingerprint density at radius 2 is 1.89 bits per heavy atom. The fourth-order valence-electron chi connectivity index (χ4n) is 3.17. The van der Waals surface area contributed by atoms with Gasteiger partial charge in [-0.2, -0.15) is 5.26 Å². The van der Waals surface area contributed by atoms with Crippen molar-refractivity contribution in [2.75, 3.05) is 0 Å². The van der Waals surface area contributed by atoms with E-state index in [9.17, 15) is 15.5 Å². The van der Waals surface area contributed by atoms with E-state index in [0.29, 0.717) is 32.4 Å². The van der Waals surface area contributed by atoms with E-state index >= 15 is 0 Å². The van der Waals surface area contributed by atoms with Crippen LogP contribution in [0.1, 0.15) is 17.0 Å². The number of aromatic hydroxyl groups is 2. The summed E-state index contributed by atoms with van der Waals surface area (Å²) in [7, 11) is 0. The van der Waals surface area contributed by atoms with Gasteiger partial charge in [-0.3, -0.25) is 5.10 Å². The lowest BCUT2D eigenvalue weighted by Gasteiger charge is -2.24. The quantitative estimate of drug-likeness (QED) is 0.468. The summed E-state index contributed by atoms with van der Waals surface area (Å²) in [6.45, 7) is 0. The zero-order valence-electron chi connectivity index (χ0n) is 14.1. The summed E-state index contributed by atoms with van der Waals surface area (Å²) < 4.78 is 5.52.